The van der Waals surface area contributed by atoms with Gasteiger partial charge in [-0.25, -0.2) is 14.8 Å². The van der Waals surface area contributed by atoms with E-state index in [1.54, 1.807) is 17.5 Å². The van der Waals surface area contributed by atoms with Crippen LogP contribution in [0.5, 0.6) is 0 Å². The highest BCUT2D eigenvalue weighted by atomic mass is 32.1. The Balaban J connectivity index is 1.65. The lowest BCUT2D eigenvalue weighted by molar-refractivity contribution is 0.0593. The molecule has 0 aromatic carbocycles. The van der Waals surface area contributed by atoms with E-state index in [0.29, 0.717) is 11.9 Å². The molecule has 2 aromatic rings. The third-order valence-corrected chi connectivity index (χ3v) is 4.95. The molecule has 0 amide bonds. The molecule has 0 bridgehead atoms. The van der Waals surface area contributed by atoms with Crippen LogP contribution in [0.2, 0.25) is 0 Å². The Labute approximate surface area is 139 Å². The average molecular weight is 332 g/mol. The number of ether oxygens (including phenoxy) is 1. The van der Waals surface area contributed by atoms with E-state index in [4.69, 9.17) is 0 Å². The zero-order valence-corrected chi connectivity index (χ0v) is 13.9. The molecule has 1 fully saturated rings. The molecule has 2 aromatic heterocycles. The lowest BCUT2D eigenvalue weighted by Crippen LogP contribution is -2.30. The van der Waals surface area contributed by atoms with Crippen LogP contribution in [0.4, 0.5) is 5.82 Å². The van der Waals surface area contributed by atoms with Crippen LogP contribution in [-0.2, 0) is 4.74 Å². The van der Waals surface area contributed by atoms with E-state index in [0.717, 1.165) is 19.6 Å². The van der Waals surface area contributed by atoms with Crippen molar-refractivity contribution >= 4 is 23.1 Å². The average Bonchev–Trinajstić information content (AvgIpc) is 3.29. The number of aromatic nitrogens is 2. The van der Waals surface area contributed by atoms with E-state index < -0.39 is 5.97 Å². The topological polar surface area (TPSA) is 67.3 Å². The molecule has 1 atom stereocenters. The summed E-state index contributed by atoms with van der Waals surface area (Å²) in [5.41, 5.74) is 0.215. The first-order chi connectivity index (χ1) is 11.3. The fourth-order valence-corrected chi connectivity index (χ4v) is 3.64. The molecule has 3 heterocycles. The van der Waals surface area contributed by atoms with E-state index in [2.05, 4.69) is 42.4 Å². The van der Waals surface area contributed by atoms with Crippen molar-refractivity contribution < 1.29 is 9.53 Å². The number of esters is 1. The van der Waals surface area contributed by atoms with Crippen LogP contribution in [0.25, 0.3) is 0 Å². The quantitative estimate of drug-likeness (QED) is 0.820. The van der Waals surface area contributed by atoms with Crippen molar-refractivity contribution in [2.45, 2.75) is 18.9 Å². The minimum absolute atomic E-state index is 0.215. The molecule has 23 heavy (non-hydrogen) atoms. The third-order valence-electron chi connectivity index (χ3n) is 3.98. The summed E-state index contributed by atoms with van der Waals surface area (Å²) in [6.07, 6.45) is 5.52. The molecule has 7 heteroatoms. The normalized spacial score (nSPS) is 16.2. The molecular formula is C16H20N4O2S. The number of nitrogens with one attached hydrogen (secondary N) is 1. The second-order valence-corrected chi connectivity index (χ2v) is 6.41. The molecule has 122 valence electrons. The summed E-state index contributed by atoms with van der Waals surface area (Å²) < 4.78 is 4.62. The van der Waals surface area contributed by atoms with E-state index in [1.807, 2.05) is 0 Å². The smallest absolute Gasteiger partial charge is 0.358 e. The highest BCUT2D eigenvalue weighted by molar-refractivity contribution is 7.10. The highest BCUT2D eigenvalue weighted by Crippen LogP contribution is 2.28. The van der Waals surface area contributed by atoms with Crippen LogP contribution < -0.4 is 5.32 Å². The van der Waals surface area contributed by atoms with Gasteiger partial charge in [0.2, 0.25) is 0 Å². The fraction of sp³-hybridized carbons (Fsp3) is 0.438. The van der Waals surface area contributed by atoms with Gasteiger partial charge >= 0.3 is 5.97 Å². The van der Waals surface area contributed by atoms with E-state index in [1.165, 1.54) is 31.0 Å². The van der Waals surface area contributed by atoms with Crippen LogP contribution in [0, 0.1) is 0 Å². The molecular weight excluding hydrogens is 312 g/mol. The van der Waals surface area contributed by atoms with Crippen molar-refractivity contribution in [3.8, 4) is 0 Å². The lowest BCUT2D eigenvalue weighted by atomic mass is 10.2. The van der Waals surface area contributed by atoms with Gasteiger partial charge in [-0.1, -0.05) is 6.07 Å². The third kappa shape index (κ3) is 3.86. The van der Waals surface area contributed by atoms with E-state index >= 15 is 0 Å². The maximum atomic E-state index is 11.4. The molecule has 0 aliphatic carbocycles. The number of rotatable bonds is 6. The molecule has 1 unspecified atom stereocenters. The van der Waals surface area contributed by atoms with Crippen molar-refractivity contribution in [3.63, 3.8) is 0 Å². The Morgan fingerprint density at radius 2 is 2.22 bits per heavy atom. The largest absolute Gasteiger partial charge is 0.464 e. The predicted molar refractivity (Wildman–Crippen MR) is 89.7 cm³/mol. The summed E-state index contributed by atoms with van der Waals surface area (Å²) in [6, 6.07) is 4.62. The molecule has 1 aliphatic rings. The number of likely N-dealkylation sites (tertiary alicyclic amines) is 1. The molecule has 3 rings (SSSR count). The number of anilines is 1. The number of hydrogen-bond donors (Lipinski definition) is 1. The van der Waals surface area contributed by atoms with Gasteiger partial charge in [0, 0.05) is 11.4 Å². The Hall–Kier alpha value is -1.99. The van der Waals surface area contributed by atoms with Gasteiger partial charge < -0.3 is 10.1 Å². The first-order valence-electron chi connectivity index (χ1n) is 7.69. The van der Waals surface area contributed by atoms with E-state index in [9.17, 15) is 4.79 Å². The lowest BCUT2D eigenvalue weighted by Gasteiger charge is -2.27. The second kappa shape index (κ2) is 7.52. The van der Waals surface area contributed by atoms with Gasteiger partial charge in [-0.3, -0.25) is 4.90 Å². The summed E-state index contributed by atoms with van der Waals surface area (Å²) in [5, 5.41) is 5.45. The van der Waals surface area contributed by atoms with Crippen molar-refractivity contribution in [3.05, 3.63) is 40.5 Å². The number of carbonyl (C=O) groups is 1. The zero-order chi connectivity index (χ0) is 16.1. The number of nitrogens with zero attached hydrogens (tertiary/aromatic N) is 3. The molecule has 1 aliphatic heterocycles. The second-order valence-electron chi connectivity index (χ2n) is 5.43. The van der Waals surface area contributed by atoms with Crippen LogP contribution in [0.3, 0.4) is 0 Å². The minimum Gasteiger partial charge on any atom is -0.464 e. The fourth-order valence-electron chi connectivity index (χ4n) is 2.77. The Morgan fingerprint density at radius 1 is 1.39 bits per heavy atom. The van der Waals surface area contributed by atoms with Crippen LogP contribution in [0.1, 0.15) is 34.2 Å². The first kappa shape index (κ1) is 15.9. The van der Waals surface area contributed by atoms with Gasteiger partial charge in [-0.2, -0.15) is 0 Å². The minimum atomic E-state index is -0.474. The van der Waals surface area contributed by atoms with Crippen molar-refractivity contribution in [1.82, 2.24) is 14.9 Å². The summed E-state index contributed by atoms with van der Waals surface area (Å²) >= 11 is 1.78. The summed E-state index contributed by atoms with van der Waals surface area (Å²) in [6.45, 7) is 3.04. The van der Waals surface area contributed by atoms with Crippen LogP contribution in [-0.4, -0.2) is 47.6 Å². The molecule has 0 saturated carbocycles. The number of carbonyl (C=O) groups excluding carboxylic acids is 1. The molecule has 1 N–H and O–H groups in total. The van der Waals surface area contributed by atoms with Crippen LogP contribution in [0.15, 0.2) is 29.9 Å². The van der Waals surface area contributed by atoms with Crippen molar-refractivity contribution in [2.24, 2.45) is 0 Å². The van der Waals surface area contributed by atoms with Gasteiger partial charge in [-0.15, -0.1) is 11.3 Å². The monoisotopic (exact) mass is 332 g/mol. The van der Waals surface area contributed by atoms with Gasteiger partial charge in [0.25, 0.3) is 0 Å². The van der Waals surface area contributed by atoms with Gasteiger partial charge in [0.1, 0.15) is 5.82 Å². The zero-order valence-electron chi connectivity index (χ0n) is 13.1. The number of methoxy groups -OCH3 is 1. The Morgan fingerprint density at radius 3 is 2.83 bits per heavy atom. The Kier molecular flexibility index (Phi) is 5.19. The molecule has 0 radical (unpaired) electrons. The van der Waals surface area contributed by atoms with E-state index in [-0.39, 0.29) is 5.69 Å². The SMILES string of the molecule is COC(=O)c1cnc(NCC(c2cccs2)N2CCCC2)cn1. The van der Waals surface area contributed by atoms with Crippen molar-refractivity contribution in [1.29, 1.82) is 0 Å². The maximum Gasteiger partial charge on any atom is 0.358 e. The van der Waals surface area contributed by atoms with Gasteiger partial charge in [-0.05, 0) is 37.4 Å². The summed E-state index contributed by atoms with van der Waals surface area (Å²) in [4.78, 5) is 23.6. The Bertz CT molecular complexity index is 624. The molecule has 0 spiro atoms. The number of thiophene rings is 1. The summed E-state index contributed by atoms with van der Waals surface area (Å²) in [5.74, 6) is 0.191. The summed E-state index contributed by atoms with van der Waals surface area (Å²) in [7, 11) is 1.33. The van der Waals surface area contributed by atoms with Crippen molar-refractivity contribution in [2.75, 3.05) is 32.1 Å². The molecule has 6 nitrogen and oxygen atoms in total. The van der Waals surface area contributed by atoms with Gasteiger partial charge in [0.05, 0.1) is 25.5 Å². The van der Waals surface area contributed by atoms with Gasteiger partial charge in [0.15, 0.2) is 5.69 Å². The predicted octanol–water partition coefficient (Wildman–Crippen LogP) is 2.57. The first-order valence-corrected chi connectivity index (χ1v) is 8.57. The maximum absolute atomic E-state index is 11.4. The number of hydrogen-bond acceptors (Lipinski definition) is 7. The van der Waals surface area contributed by atoms with Crippen LogP contribution >= 0.6 is 11.3 Å². The molecule has 1 saturated heterocycles. The standard InChI is InChI=1S/C16H20N4O2S/c1-22-16(21)12-9-18-15(11-17-12)19-10-13(14-5-4-8-23-14)20-6-2-3-7-20/h4-5,8-9,11,13H,2-3,6-7,10H2,1H3,(H,18,19). The highest BCUT2D eigenvalue weighted by Gasteiger charge is 2.24.